The largest absolute Gasteiger partial charge is 0.395 e. The minimum atomic E-state index is 0.291. The molecule has 4 heteroatoms. The molecule has 0 aliphatic carbocycles. The second-order valence-electron chi connectivity index (χ2n) is 6.04. The number of aliphatic hydroxyl groups is 1. The first-order valence-electron chi connectivity index (χ1n) is 8.31. The quantitative estimate of drug-likeness (QED) is 0.805. The lowest BCUT2D eigenvalue weighted by Crippen LogP contribution is -2.42. The van der Waals surface area contributed by atoms with Gasteiger partial charge in [-0.1, -0.05) is 24.6 Å². The predicted octanol–water partition coefficient (Wildman–Crippen LogP) is 2.88. The Hall–Kier alpha value is -1.65. The highest BCUT2D eigenvalue weighted by Gasteiger charge is 2.20. The van der Waals surface area contributed by atoms with Gasteiger partial charge in [-0.2, -0.15) is 0 Å². The van der Waals surface area contributed by atoms with Gasteiger partial charge in [0.2, 0.25) is 0 Å². The first kappa shape index (κ1) is 15.3. The summed E-state index contributed by atoms with van der Waals surface area (Å²) in [5, 5.41) is 14.0. The van der Waals surface area contributed by atoms with Gasteiger partial charge in [0.05, 0.1) is 12.1 Å². The van der Waals surface area contributed by atoms with Gasteiger partial charge in [0.15, 0.2) is 0 Å². The molecule has 2 N–H and O–H groups in total. The lowest BCUT2D eigenvalue weighted by molar-refractivity contribution is 0.0901. The summed E-state index contributed by atoms with van der Waals surface area (Å²) in [7, 11) is 0. The van der Waals surface area contributed by atoms with Crippen LogP contribution < -0.4 is 5.32 Å². The number of pyridine rings is 1. The fourth-order valence-electron chi connectivity index (χ4n) is 3.22. The summed E-state index contributed by atoms with van der Waals surface area (Å²) in [6.07, 6.45) is 4.72. The molecule has 0 spiro atoms. The van der Waals surface area contributed by atoms with Gasteiger partial charge >= 0.3 is 0 Å². The zero-order chi connectivity index (χ0) is 15.2. The summed E-state index contributed by atoms with van der Waals surface area (Å²) >= 11 is 0. The van der Waals surface area contributed by atoms with Crippen molar-refractivity contribution in [3.05, 3.63) is 36.4 Å². The fraction of sp³-hybridized carbons (Fsp3) is 0.500. The van der Waals surface area contributed by atoms with Gasteiger partial charge in [-0.15, -0.1) is 0 Å². The van der Waals surface area contributed by atoms with Gasteiger partial charge in [0.25, 0.3) is 0 Å². The molecular formula is C18H25N3O. The zero-order valence-corrected chi connectivity index (χ0v) is 13.0. The van der Waals surface area contributed by atoms with E-state index in [0.29, 0.717) is 12.6 Å². The Morgan fingerprint density at radius 2 is 2.09 bits per heavy atom. The van der Waals surface area contributed by atoms with Crippen molar-refractivity contribution in [2.24, 2.45) is 0 Å². The highest BCUT2D eigenvalue weighted by Crippen LogP contribution is 2.17. The Labute approximate surface area is 132 Å². The number of likely N-dealkylation sites (tertiary alicyclic amines) is 1. The van der Waals surface area contributed by atoms with Crippen molar-refractivity contribution in [1.82, 2.24) is 9.88 Å². The van der Waals surface area contributed by atoms with Crippen LogP contribution in [0.1, 0.15) is 25.7 Å². The monoisotopic (exact) mass is 299 g/mol. The van der Waals surface area contributed by atoms with E-state index in [1.54, 1.807) is 0 Å². The van der Waals surface area contributed by atoms with Crippen molar-refractivity contribution < 1.29 is 5.11 Å². The molecule has 0 saturated carbocycles. The smallest absolute Gasteiger partial charge is 0.126 e. The van der Waals surface area contributed by atoms with Crippen LogP contribution in [0.25, 0.3) is 10.9 Å². The van der Waals surface area contributed by atoms with Crippen LogP contribution in [0, 0.1) is 0 Å². The number of aliphatic hydroxyl groups excluding tert-OH is 1. The molecule has 0 radical (unpaired) electrons. The summed E-state index contributed by atoms with van der Waals surface area (Å²) in [6.45, 7) is 3.38. The Kier molecular flexibility index (Phi) is 5.24. The van der Waals surface area contributed by atoms with Crippen LogP contribution in [-0.2, 0) is 0 Å². The van der Waals surface area contributed by atoms with Gasteiger partial charge < -0.3 is 10.4 Å². The van der Waals surface area contributed by atoms with Crippen molar-refractivity contribution >= 4 is 16.7 Å². The summed E-state index contributed by atoms with van der Waals surface area (Å²) in [5.41, 5.74) is 1.03. The van der Waals surface area contributed by atoms with E-state index in [-0.39, 0.29) is 0 Å². The molecule has 4 nitrogen and oxygen atoms in total. The molecule has 0 bridgehead atoms. The highest BCUT2D eigenvalue weighted by atomic mass is 16.3. The molecule has 1 aliphatic rings. The van der Waals surface area contributed by atoms with E-state index in [2.05, 4.69) is 27.3 Å². The number of anilines is 1. The highest BCUT2D eigenvalue weighted by molar-refractivity contribution is 5.79. The number of fused-ring (bicyclic) bond motifs is 1. The summed E-state index contributed by atoms with van der Waals surface area (Å²) in [6, 6.07) is 12.7. The SMILES string of the molecule is OCC1CCCCN1CCCNc1ccc2ccccc2n1. The Bertz CT molecular complexity index is 602. The molecule has 22 heavy (non-hydrogen) atoms. The molecule has 1 atom stereocenters. The fourth-order valence-corrected chi connectivity index (χ4v) is 3.22. The number of nitrogens with one attached hydrogen (secondary N) is 1. The van der Waals surface area contributed by atoms with Crippen LogP contribution in [0.4, 0.5) is 5.82 Å². The minimum Gasteiger partial charge on any atom is -0.395 e. The lowest BCUT2D eigenvalue weighted by atomic mass is 10.0. The van der Waals surface area contributed by atoms with E-state index in [4.69, 9.17) is 0 Å². The Morgan fingerprint density at radius 3 is 3.00 bits per heavy atom. The second-order valence-corrected chi connectivity index (χ2v) is 6.04. The molecule has 1 unspecified atom stereocenters. The number of para-hydroxylation sites is 1. The number of hydrogen-bond acceptors (Lipinski definition) is 4. The zero-order valence-electron chi connectivity index (χ0n) is 13.0. The first-order chi connectivity index (χ1) is 10.9. The third-order valence-electron chi connectivity index (χ3n) is 4.49. The summed E-state index contributed by atoms with van der Waals surface area (Å²) < 4.78 is 0. The molecule has 2 aromatic rings. The van der Waals surface area contributed by atoms with E-state index < -0.39 is 0 Å². The van der Waals surface area contributed by atoms with Gasteiger partial charge in [0, 0.05) is 24.5 Å². The molecular weight excluding hydrogens is 274 g/mol. The maximum Gasteiger partial charge on any atom is 0.126 e. The van der Waals surface area contributed by atoms with E-state index >= 15 is 0 Å². The van der Waals surface area contributed by atoms with Crippen LogP contribution in [0.5, 0.6) is 0 Å². The van der Waals surface area contributed by atoms with Crippen LogP contribution in [0.2, 0.25) is 0 Å². The van der Waals surface area contributed by atoms with Crippen molar-refractivity contribution in [3.63, 3.8) is 0 Å². The van der Waals surface area contributed by atoms with Crippen molar-refractivity contribution in [2.75, 3.05) is 31.6 Å². The van der Waals surface area contributed by atoms with Crippen molar-refractivity contribution in [1.29, 1.82) is 0 Å². The standard InChI is InChI=1S/C18H25N3O/c22-14-16-7-3-4-12-21(16)13-5-11-19-18-10-9-15-6-1-2-8-17(15)20-18/h1-2,6,8-10,16,22H,3-5,7,11-14H2,(H,19,20). The topological polar surface area (TPSA) is 48.4 Å². The normalized spacial score (nSPS) is 19.4. The number of aromatic nitrogens is 1. The van der Waals surface area contributed by atoms with E-state index in [1.807, 2.05) is 24.3 Å². The minimum absolute atomic E-state index is 0.291. The van der Waals surface area contributed by atoms with Crippen LogP contribution in [0.15, 0.2) is 36.4 Å². The average Bonchev–Trinajstić information content (AvgIpc) is 2.59. The molecule has 1 saturated heterocycles. The maximum atomic E-state index is 9.43. The van der Waals surface area contributed by atoms with Crippen LogP contribution in [0.3, 0.4) is 0 Å². The molecule has 1 fully saturated rings. The van der Waals surface area contributed by atoms with Gasteiger partial charge in [-0.25, -0.2) is 4.98 Å². The predicted molar refractivity (Wildman–Crippen MR) is 91.1 cm³/mol. The van der Waals surface area contributed by atoms with Crippen molar-refractivity contribution in [2.45, 2.75) is 31.7 Å². The molecule has 3 rings (SSSR count). The number of hydrogen-bond donors (Lipinski definition) is 2. The maximum absolute atomic E-state index is 9.43. The molecule has 1 aromatic carbocycles. The third kappa shape index (κ3) is 3.76. The van der Waals surface area contributed by atoms with Gasteiger partial charge in [-0.3, -0.25) is 4.90 Å². The van der Waals surface area contributed by atoms with Crippen LogP contribution in [-0.4, -0.2) is 47.3 Å². The molecule has 118 valence electrons. The number of nitrogens with zero attached hydrogens (tertiary/aromatic N) is 2. The Morgan fingerprint density at radius 1 is 1.18 bits per heavy atom. The molecule has 0 amide bonds. The lowest BCUT2D eigenvalue weighted by Gasteiger charge is -2.34. The molecule has 2 heterocycles. The van der Waals surface area contributed by atoms with Gasteiger partial charge in [-0.05, 0) is 44.0 Å². The Balaban J connectivity index is 1.47. The number of piperidine rings is 1. The first-order valence-corrected chi connectivity index (χ1v) is 8.31. The van der Waals surface area contributed by atoms with Crippen molar-refractivity contribution in [3.8, 4) is 0 Å². The summed E-state index contributed by atoms with van der Waals surface area (Å²) in [4.78, 5) is 7.06. The third-order valence-corrected chi connectivity index (χ3v) is 4.49. The van der Waals surface area contributed by atoms with E-state index in [1.165, 1.54) is 18.2 Å². The average molecular weight is 299 g/mol. The second kappa shape index (κ2) is 7.56. The molecule has 1 aliphatic heterocycles. The summed E-state index contributed by atoms with van der Waals surface area (Å²) in [5.74, 6) is 0.941. The van der Waals surface area contributed by atoms with E-state index in [9.17, 15) is 5.11 Å². The number of rotatable bonds is 6. The van der Waals surface area contributed by atoms with Gasteiger partial charge in [0.1, 0.15) is 5.82 Å². The van der Waals surface area contributed by atoms with E-state index in [0.717, 1.165) is 43.8 Å². The van der Waals surface area contributed by atoms with Crippen LogP contribution >= 0.6 is 0 Å². The molecule has 1 aromatic heterocycles. The number of benzene rings is 1.